The summed E-state index contributed by atoms with van der Waals surface area (Å²) in [6.07, 6.45) is 32.2. The molecular formula is C49H93NO10. The Hall–Kier alpha value is -1.41. The van der Waals surface area contributed by atoms with Crippen LogP contribution in [0.15, 0.2) is 24.3 Å². The second kappa shape index (κ2) is 39.2. The molecule has 1 fully saturated rings. The van der Waals surface area contributed by atoms with Crippen LogP contribution in [0.25, 0.3) is 0 Å². The van der Waals surface area contributed by atoms with E-state index in [-0.39, 0.29) is 6.42 Å². The maximum Gasteiger partial charge on any atom is 0.249 e. The van der Waals surface area contributed by atoms with Gasteiger partial charge in [-0.25, -0.2) is 0 Å². The molecule has 11 heteroatoms. The van der Waals surface area contributed by atoms with Crippen molar-refractivity contribution < 1.29 is 50.0 Å². The highest BCUT2D eigenvalue weighted by Crippen LogP contribution is 2.23. The summed E-state index contributed by atoms with van der Waals surface area (Å²) >= 11 is 0. The molecule has 1 heterocycles. The minimum absolute atomic E-state index is 0.243. The maximum atomic E-state index is 13.1. The second-order valence-corrected chi connectivity index (χ2v) is 17.6. The van der Waals surface area contributed by atoms with Gasteiger partial charge in [0.25, 0.3) is 0 Å². The van der Waals surface area contributed by atoms with E-state index < -0.39 is 74.2 Å². The summed E-state index contributed by atoms with van der Waals surface area (Å²) < 4.78 is 11.1. The van der Waals surface area contributed by atoms with Crippen LogP contribution < -0.4 is 5.32 Å². The fraction of sp³-hybridized carbons (Fsp3) is 0.898. The van der Waals surface area contributed by atoms with Crippen LogP contribution in [0.1, 0.15) is 213 Å². The van der Waals surface area contributed by atoms with Crippen molar-refractivity contribution in [3.63, 3.8) is 0 Å². The maximum absolute atomic E-state index is 13.1. The van der Waals surface area contributed by atoms with E-state index in [1.165, 1.54) is 116 Å². The zero-order valence-electron chi connectivity index (χ0n) is 38.2. The first-order chi connectivity index (χ1) is 29.2. The molecular weight excluding hydrogens is 763 g/mol. The Morgan fingerprint density at radius 2 is 1.00 bits per heavy atom. The molecule has 354 valence electrons. The molecule has 1 aliphatic heterocycles. The number of aliphatic hydroxyl groups excluding tert-OH is 7. The molecule has 0 aromatic rings. The molecule has 0 aromatic carbocycles. The van der Waals surface area contributed by atoms with Crippen LogP contribution in [-0.2, 0) is 14.3 Å². The van der Waals surface area contributed by atoms with Crippen LogP contribution in [0.2, 0.25) is 0 Å². The highest BCUT2D eigenvalue weighted by atomic mass is 16.7. The molecule has 9 unspecified atom stereocenters. The van der Waals surface area contributed by atoms with E-state index in [1.54, 1.807) is 0 Å². The minimum Gasteiger partial charge on any atom is -0.394 e. The summed E-state index contributed by atoms with van der Waals surface area (Å²) in [5, 5.41) is 75.8. The van der Waals surface area contributed by atoms with E-state index in [9.17, 15) is 40.5 Å². The van der Waals surface area contributed by atoms with E-state index in [0.29, 0.717) is 19.3 Å². The molecule has 0 aliphatic carbocycles. The van der Waals surface area contributed by atoms with Gasteiger partial charge in [-0.15, -0.1) is 0 Å². The summed E-state index contributed by atoms with van der Waals surface area (Å²) in [6, 6.07) is -1.17. The lowest BCUT2D eigenvalue weighted by Gasteiger charge is -2.40. The number of nitrogens with one attached hydrogen (secondary N) is 1. The number of carbonyl (C=O) groups is 1. The number of unbranched alkanes of at least 4 members (excludes halogenated alkanes) is 26. The fourth-order valence-corrected chi connectivity index (χ4v) is 7.90. The third-order valence-corrected chi connectivity index (χ3v) is 12.0. The van der Waals surface area contributed by atoms with Gasteiger partial charge in [0.05, 0.1) is 25.4 Å². The Kier molecular flexibility index (Phi) is 37.0. The molecule has 1 amide bonds. The Balaban J connectivity index is 2.42. The molecule has 11 nitrogen and oxygen atoms in total. The summed E-state index contributed by atoms with van der Waals surface area (Å²) in [4.78, 5) is 13.1. The predicted octanol–water partition coefficient (Wildman–Crippen LogP) is 8.62. The van der Waals surface area contributed by atoms with Gasteiger partial charge in [0.1, 0.15) is 36.6 Å². The number of hydrogen-bond acceptors (Lipinski definition) is 10. The van der Waals surface area contributed by atoms with Crippen LogP contribution in [0.5, 0.6) is 0 Å². The van der Waals surface area contributed by atoms with Crippen molar-refractivity contribution in [3.05, 3.63) is 24.3 Å². The van der Waals surface area contributed by atoms with Gasteiger partial charge in [0.2, 0.25) is 5.91 Å². The first-order valence-electron chi connectivity index (χ1n) is 24.8. The predicted molar refractivity (Wildman–Crippen MR) is 242 cm³/mol. The lowest BCUT2D eigenvalue weighted by Crippen LogP contribution is -2.60. The van der Waals surface area contributed by atoms with E-state index in [2.05, 4.69) is 43.5 Å². The van der Waals surface area contributed by atoms with Crippen molar-refractivity contribution in [3.8, 4) is 0 Å². The first kappa shape index (κ1) is 56.6. The number of rotatable bonds is 41. The standard InChI is InChI=1S/C49H93NO10/c1-3-5-7-9-11-13-15-17-19-20-21-22-23-25-26-28-30-32-34-36-41(52)44(54)40(39-59-49-47(57)46(56)45(55)43(38-51)60-49)50-48(58)42(53)37-35-33-31-29-27-24-18-16-14-12-10-8-6-4-2/h12,14,16,18,40-47,49,51-57H,3-11,13,15,17,19-39H2,1-2H3,(H,50,58)/b14-12-,18-16-. The fourth-order valence-electron chi connectivity index (χ4n) is 7.90. The molecule has 1 saturated heterocycles. The molecule has 0 saturated carbocycles. The van der Waals surface area contributed by atoms with Gasteiger partial charge in [-0.05, 0) is 38.5 Å². The normalized spacial score (nSPS) is 21.8. The summed E-state index contributed by atoms with van der Waals surface area (Å²) in [5.74, 6) is -0.708. The van der Waals surface area contributed by atoms with Crippen LogP contribution in [-0.4, -0.2) is 110 Å². The van der Waals surface area contributed by atoms with Gasteiger partial charge in [0, 0.05) is 0 Å². The molecule has 0 bridgehead atoms. The molecule has 0 spiro atoms. The highest BCUT2D eigenvalue weighted by Gasteiger charge is 2.44. The van der Waals surface area contributed by atoms with Crippen LogP contribution in [0, 0.1) is 0 Å². The molecule has 1 rings (SSSR count). The largest absolute Gasteiger partial charge is 0.394 e. The van der Waals surface area contributed by atoms with Crippen molar-refractivity contribution in [1.82, 2.24) is 5.32 Å². The van der Waals surface area contributed by atoms with E-state index in [1.807, 2.05) is 0 Å². The SMILES string of the molecule is CCCCC/C=C\C=C/CCCCCCCC(O)C(=O)NC(COC1OC(CO)C(O)C(O)C1O)C(O)C(O)CCCCCCCCCCCCCCCCCCCCC. The summed E-state index contributed by atoms with van der Waals surface area (Å²) in [7, 11) is 0. The number of ether oxygens (including phenoxy) is 2. The van der Waals surface area contributed by atoms with Gasteiger partial charge in [-0.3, -0.25) is 4.79 Å². The van der Waals surface area contributed by atoms with Gasteiger partial charge < -0.3 is 50.5 Å². The zero-order valence-corrected chi connectivity index (χ0v) is 38.2. The zero-order chi connectivity index (χ0) is 44.1. The van der Waals surface area contributed by atoms with Gasteiger partial charge in [-0.1, -0.05) is 199 Å². The van der Waals surface area contributed by atoms with E-state index in [4.69, 9.17) is 9.47 Å². The topological polar surface area (TPSA) is 189 Å². The quantitative estimate of drug-likeness (QED) is 0.0218. The molecule has 0 radical (unpaired) electrons. The van der Waals surface area contributed by atoms with Crippen molar-refractivity contribution in [2.24, 2.45) is 0 Å². The Labute approximate surface area is 365 Å². The molecule has 0 aromatic heterocycles. The first-order valence-corrected chi connectivity index (χ1v) is 24.8. The molecule has 1 aliphatic rings. The number of hydrogen-bond donors (Lipinski definition) is 8. The second-order valence-electron chi connectivity index (χ2n) is 17.6. The molecule has 8 N–H and O–H groups in total. The van der Waals surface area contributed by atoms with Crippen molar-refractivity contribution in [1.29, 1.82) is 0 Å². The highest BCUT2D eigenvalue weighted by molar-refractivity contribution is 5.80. The summed E-state index contributed by atoms with van der Waals surface area (Å²) in [6.45, 7) is 3.41. The lowest BCUT2D eigenvalue weighted by molar-refractivity contribution is -0.303. The Morgan fingerprint density at radius 3 is 1.48 bits per heavy atom. The van der Waals surface area contributed by atoms with E-state index in [0.717, 1.165) is 57.8 Å². The van der Waals surface area contributed by atoms with Crippen molar-refractivity contribution >= 4 is 5.91 Å². The number of allylic oxidation sites excluding steroid dienone is 4. The van der Waals surface area contributed by atoms with E-state index >= 15 is 0 Å². The van der Waals surface area contributed by atoms with Crippen molar-refractivity contribution in [2.45, 2.75) is 268 Å². The number of amides is 1. The number of aliphatic hydroxyl groups is 7. The van der Waals surface area contributed by atoms with Crippen LogP contribution >= 0.6 is 0 Å². The third-order valence-electron chi connectivity index (χ3n) is 12.0. The molecule has 9 atom stereocenters. The Bertz CT molecular complexity index is 1030. The average molecular weight is 856 g/mol. The monoisotopic (exact) mass is 856 g/mol. The third kappa shape index (κ3) is 28.3. The summed E-state index contributed by atoms with van der Waals surface area (Å²) in [5.41, 5.74) is 0. The Morgan fingerprint density at radius 1 is 0.583 bits per heavy atom. The number of carbonyl (C=O) groups excluding carboxylic acids is 1. The minimum atomic E-state index is -1.66. The van der Waals surface area contributed by atoms with Gasteiger partial charge in [-0.2, -0.15) is 0 Å². The van der Waals surface area contributed by atoms with Gasteiger partial charge in [0.15, 0.2) is 6.29 Å². The lowest BCUT2D eigenvalue weighted by atomic mass is 9.98. The average Bonchev–Trinajstić information content (AvgIpc) is 3.25. The van der Waals surface area contributed by atoms with Crippen molar-refractivity contribution in [2.75, 3.05) is 13.2 Å². The van der Waals surface area contributed by atoms with Crippen LogP contribution in [0.3, 0.4) is 0 Å². The molecule has 60 heavy (non-hydrogen) atoms. The van der Waals surface area contributed by atoms with Crippen LogP contribution in [0.4, 0.5) is 0 Å². The smallest absolute Gasteiger partial charge is 0.249 e. The van der Waals surface area contributed by atoms with Gasteiger partial charge >= 0.3 is 0 Å².